The zero-order valence-corrected chi connectivity index (χ0v) is 14.3. The number of hydrogen-bond acceptors (Lipinski definition) is 6. The summed E-state index contributed by atoms with van der Waals surface area (Å²) >= 11 is 1.45. The Morgan fingerprint density at radius 2 is 2.00 bits per heavy atom. The summed E-state index contributed by atoms with van der Waals surface area (Å²) in [4.78, 5) is 24.0. The molecule has 1 aliphatic rings. The Kier molecular flexibility index (Phi) is 4.58. The van der Waals surface area contributed by atoms with Gasteiger partial charge in [-0.25, -0.2) is 9.97 Å². The summed E-state index contributed by atoms with van der Waals surface area (Å²) in [6.45, 7) is 7.68. The third-order valence-electron chi connectivity index (χ3n) is 3.60. The highest BCUT2D eigenvalue weighted by Crippen LogP contribution is 2.20. The molecule has 0 bridgehead atoms. The minimum Gasteiger partial charge on any atom is -0.372 e. The summed E-state index contributed by atoms with van der Waals surface area (Å²) < 4.78 is 5.73. The van der Waals surface area contributed by atoms with Crippen molar-refractivity contribution in [3.8, 4) is 0 Å². The second kappa shape index (κ2) is 6.64. The first kappa shape index (κ1) is 15.9. The van der Waals surface area contributed by atoms with E-state index < -0.39 is 0 Å². The monoisotopic (exact) mass is 332 g/mol. The molecule has 2 atom stereocenters. The molecule has 0 unspecified atom stereocenters. The first-order chi connectivity index (χ1) is 11.0. The predicted octanol–water partition coefficient (Wildman–Crippen LogP) is 2.71. The van der Waals surface area contributed by atoms with Gasteiger partial charge in [0.15, 0.2) is 5.13 Å². The van der Waals surface area contributed by atoms with Gasteiger partial charge in [-0.05, 0) is 32.9 Å². The maximum Gasteiger partial charge on any atom is 0.259 e. The fourth-order valence-electron chi connectivity index (χ4n) is 2.65. The van der Waals surface area contributed by atoms with Crippen molar-refractivity contribution in [2.75, 3.05) is 23.3 Å². The number of ether oxygens (including phenoxy) is 1. The zero-order chi connectivity index (χ0) is 16.4. The van der Waals surface area contributed by atoms with Crippen LogP contribution in [0.25, 0.3) is 0 Å². The lowest BCUT2D eigenvalue weighted by Crippen LogP contribution is -2.45. The number of rotatable bonds is 3. The number of thiazole rings is 1. The lowest BCUT2D eigenvalue weighted by molar-refractivity contribution is -0.00546. The fraction of sp³-hybridized carbons (Fsp3) is 0.438. The molecule has 23 heavy (non-hydrogen) atoms. The number of nitrogens with one attached hydrogen (secondary N) is 1. The van der Waals surface area contributed by atoms with E-state index in [1.807, 2.05) is 13.0 Å². The smallest absolute Gasteiger partial charge is 0.259 e. The van der Waals surface area contributed by atoms with Gasteiger partial charge in [0.2, 0.25) is 0 Å². The number of hydrogen-bond donors (Lipinski definition) is 1. The Labute approximate surface area is 139 Å². The molecule has 1 aliphatic heterocycles. The van der Waals surface area contributed by atoms with E-state index in [0.29, 0.717) is 10.7 Å². The van der Waals surface area contributed by atoms with Crippen LogP contribution in [0.2, 0.25) is 0 Å². The summed E-state index contributed by atoms with van der Waals surface area (Å²) in [5.74, 6) is 0.677. The van der Waals surface area contributed by atoms with E-state index in [9.17, 15) is 4.79 Å². The predicted molar refractivity (Wildman–Crippen MR) is 91.3 cm³/mol. The molecule has 2 aromatic heterocycles. The molecule has 0 spiro atoms. The second-order valence-corrected chi connectivity index (χ2v) is 7.03. The standard InChI is InChI=1S/C16H20N4O2S/c1-10-8-20(9-11(2)22-10)14-5-4-13(7-17-14)15(21)19-16-18-6-12(3)23-16/h4-7,10-11H,8-9H2,1-3H3,(H,18,19,21)/t10-,11+. The molecule has 7 heteroatoms. The van der Waals surface area contributed by atoms with Crippen LogP contribution >= 0.6 is 11.3 Å². The number of morpholine rings is 1. The van der Waals surface area contributed by atoms with E-state index in [2.05, 4.69) is 34.0 Å². The number of aromatic nitrogens is 2. The molecule has 1 amide bonds. The van der Waals surface area contributed by atoms with E-state index in [1.54, 1.807) is 18.5 Å². The van der Waals surface area contributed by atoms with Crippen LogP contribution in [0.3, 0.4) is 0 Å². The van der Waals surface area contributed by atoms with Crippen molar-refractivity contribution in [2.24, 2.45) is 0 Å². The average molecular weight is 332 g/mol. The largest absolute Gasteiger partial charge is 0.372 e. The second-order valence-electron chi connectivity index (χ2n) is 5.80. The Balaban J connectivity index is 1.68. The van der Waals surface area contributed by atoms with Crippen molar-refractivity contribution in [1.29, 1.82) is 0 Å². The van der Waals surface area contributed by atoms with E-state index in [-0.39, 0.29) is 18.1 Å². The highest BCUT2D eigenvalue weighted by atomic mass is 32.1. The maximum atomic E-state index is 12.2. The van der Waals surface area contributed by atoms with E-state index >= 15 is 0 Å². The molecule has 6 nitrogen and oxygen atoms in total. The minimum atomic E-state index is -0.192. The number of carbonyl (C=O) groups excluding carboxylic acids is 1. The molecule has 122 valence electrons. The number of nitrogens with zero attached hydrogens (tertiary/aromatic N) is 3. The van der Waals surface area contributed by atoms with Crippen LogP contribution in [-0.2, 0) is 4.74 Å². The molecule has 0 radical (unpaired) electrons. The van der Waals surface area contributed by atoms with Crippen LogP contribution in [0.15, 0.2) is 24.5 Å². The van der Waals surface area contributed by atoms with Gasteiger partial charge in [-0.3, -0.25) is 10.1 Å². The van der Waals surface area contributed by atoms with Crippen LogP contribution in [0.4, 0.5) is 10.9 Å². The Morgan fingerprint density at radius 3 is 2.57 bits per heavy atom. The molecular weight excluding hydrogens is 312 g/mol. The summed E-state index contributed by atoms with van der Waals surface area (Å²) in [6.07, 6.45) is 3.70. The summed E-state index contributed by atoms with van der Waals surface area (Å²) in [5.41, 5.74) is 0.524. The summed E-state index contributed by atoms with van der Waals surface area (Å²) in [5, 5.41) is 3.39. The van der Waals surface area contributed by atoms with Gasteiger partial charge >= 0.3 is 0 Å². The quantitative estimate of drug-likeness (QED) is 0.936. The van der Waals surface area contributed by atoms with Gasteiger partial charge in [0.25, 0.3) is 5.91 Å². The molecule has 3 rings (SSSR count). The lowest BCUT2D eigenvalue weighted by Gasteiger charge is -2.36. The third kappa shape index (κ3) is 3.86. The van der Waals surface area contributed by atoms with Crippen molar-refractivity contribution < 1.29 is 9.53 Å². The topological polar surface area (TPSA) is 67.4 Å². The first-order valence-electron chi connectivity index (χ1n) is 7.61. The normalized spacial score (nSPS) is 21.3. The van der Waals surface area contributed by atoms with Gasteiger partial charge in [-0.1, -0.05) is 0 Å². The van der Waals surface area contributed by atoms with Gasteiger partial charge < -0.3 is 9.64 Å². The third-order valence-corrected chi connectivity index (χ3v) is 4.42. The molecule has 0 aromatic carbocycles. The van der Waals surface area contributed by atoms with Crippen molar-refractivity contribution in [2.45, 2.75) is 33.0 Å². The van der Waals surface area contributed by atoms with Gasteiger partial charge in [-0.15, -0.1) is 11.3 Å². The SMILES string of the molecule is Cc1cnc(NC(=O)c2ccc(N3C[C@@H](C)O[C@@H](C)C3)nc2)s1. The summed E-state index contributed by atoms with van der Waals surface area (Å²) in [7, 11) is 0. The number of aryl methyl sites for hydroxylation is 1. The van der Waals surface area contributed by atoms with Gasteiger partial charge in [0, 0.05) is 30.4 Å². The molecule has 0 aliphatic carbocycles. The van der Waals surface area contributed by atoms with Gasteiger partial charge in [-0.2, -0.15) is 0 Å². The maximum absolute atomic E-state index is 12.2. The molecule has 2 aromatic rings. The van der Waals surface area contributed by atoms with E-state index in [4.69, 9.17) is 4.74 Å². The van der Waals surface area contributed by atoms with Crippen molar-refractivity contribution >= 4 is 28.2 Å². The highest BCUT2D eigenvalue weighted by Gasteiger charge is 2.23. The Bertz CT molecular complexity index is 676. The van der Waals surface area contributed by atoms with Crippen LogP contribution < -0.4 is 10.2 Å². The molecule has 0 saturated carbocycles. The van der Waals surface area contributed by atoms with Crippen molar-refractivity contribution in [1.82, 2.24) is 9.97 Å². The molecular formula is C16H20N4O2S. The molecule has 3 heterocycles. The first-order valence-corrected chi connectivity index (χ1v) is 8.43. The van der Waals surface area contributed by atoms with Crippen molar-refractivity contribution in [3.05, 3.63) is 35.0 Å². The highest BCUT2D eigenvalue weighted by molar-refractivity contribution is 7.15. The Morgan fingerprint density at radius 1 is 1.26 bits per heavy atom. The number of amides is 1. The number of carbonyl (C=O) groups is 1. The Hall–Kier alpha value is -1.99. The minimum absolute atomic E-state index is 0.177. The van der Waals surface area contributed by atoms with Crippen LogP contribution in [0.1, 0.15) is 29.1 Å². The fourth-order valence-corrected chi connectivity index (χ4v) is 3.31. The number of anilines is 2. The van der Waals surface area contributed by atoms with E-state index in [1.165, 1.54) is 11.3 Å². The zero-order valence-electron chi connectivity index (χ0n) is 13.4. The lowest BCUT2D eigenvalue weighted by atomic mass is 10.2. The van der Waals surface area contributed by atoms with Crippen LogP contribution in [0.5, 0.6) is 0 Å². The average Bonchev–Trinajstić information content (AvgIpc) is 2.91. The van der Waals surface area contributed by atoms with E-state index in [0.717, 1.165) is 23.8 Å². The molecule has 1 saturated heterocycles. The molecule has 1 N–H and O–H groups in total. The summed E-state index contributed by atoms with van der Waals surface area (Å²) in [6, 6.07) is 3.68. The van der Waals surface area contributed by atoms with Crippen LogP contribution in [0, 0.1) is 6.92 Å². The number of pyridine rings is 1. The van der Waals surface area contributed by atoms with Crippen LogP contribution in [-0.4, -0.2) is 41.2 Å². The molecule has 1 fully saturated rings. The van der Waals surface area contributed by atoms with Crippen molar-refractivity contribution in [3.63, 3.8) is 0 Å². The van der Waals surface area contributed by atoms with Gasteiger partial charge in [0.05, 0.1) is 17.8 Å². The van der Waals surface area contributed by atoms with Gasteiger partial charge in [0.1, 0.15) is 5.82 Å².